The first-order valence-electron chi connectivity index (χ1n) is 7.95. The lowest BCUT2D eigenvalue weighted by molar-refractivity contribution is 0.0678. The van der Waals surface area contributed by atoms with E-state index in [0.717, 1.165) is 18.5 Å². The Kier molecular flexibility index (Phi) is 6.65. The zero-order valence-electron chi connectivity index (χ0n) is 13.3. The maximum atomic E-state index is 3.69. The number of nitrogens with zero attached hydrogens (tertiary/aromatic N) is 1. The molecule has 0 amide bonds. The summed E-state index contributed by atoms with van der Waals surface area (Å²) < 4.78 is 0. The first kappa shape index (κ1) is 16.0. The molecule has 1 saturated heterocycles. The fourth-order valence-electron chi connectivity index (χ4n) is 3.01. The fourth-order valence-corrected chi connectivity index (χ4v) is 3.01. The van der Waals surface area contributed by atoms with Gasteiger partial charge in [0, 0.05) is 24.7 Å². The first-order valence-corrected chi connectivity index (χ1v) is 7.95. The summed E-state index contributed by atoms with van der Waals surface area (Å²) in [6.45, 7) is 15.3. The molecule has 2 nitrogen and oxygen atoms in total. The molecule has 0 spiro atoms. The lowest BCUT2D eigenvalue weighted by atomic mass is 9.93. The number of rotatable bonds is 7. The highest BCUT2D eigenvalue weighted by atomic mass is 15.2. The van der Waals surface area contributed by atoms with Crippen LogP contribution in [0.15, 0.2) is 0 Å². The second kappa shape index (κ2) is 7.49. The molecule has 0 bridgehead atoms. The molecule has 0 saturated carbocycles. The van der Waals surface area contributed by atoms with E-state index in [9.17, 15) is 0 Å². The molecule has 1 unspecified atom stereocenters. The summed E-state index contributed by atoms with van der Waals surface area (Å²) in [5.41, 5.74) is 0.287. The van der Waals surface area contributed by atoms with Crippen LogP contribution in [-0.2, 0) is 0 Å². The van der Waals surface area contributed by atoms with Gasteiger partial charge in [-0.25, -0.2) is 0 Å². The molecule has 0 radical (unpaired) electrons. The van der Waals surface area contributed by atoms with Crippen molar-refractivity contribution in [2.24, 2.45) is 5.92 Å². The molecule has 18 heavy (non-hydrogen) atoms. The predicted molar refractivity (Wildman–Crippen MR) is 81.0 cm³/mol. The lowest BCUT2D eigenvalue weighted by Gasteiger charge is -2.46. The molecule has 1 fully saturated rings. The summed E-state index contributed by atoms with van der Waals surface area (Å²) in [5, 5.41) is 3.69. The minimum absolute atomic E-state index is 0.287. The molecule has 1 atom stereocenters. The predicted octanol–water partition coefficient (Wildman–Crippen LogP) is 3.67. The van der Waals surface area contributed by atoms with Crippen molar-refractivity contribution in [3.63, 3.8) is 0 Å². The van der Waals surface area contributed by atoms with Crippen LogP contribution >= 0.6 is 0 Å². The number of unbranched alkanes of at least 4 members (excludes halogenated alkanes) is 4. The van der Waals surface area contributed by atoms with Gasteiger partial charge < -0.3 is 5.32 Å². The van der Waals surface area contributed by atoms with E-state index >= 15 is 0 Å². The maximum absolute atomic E-state index is 3.69. The van der Waals surface area contributed by atoms with Crippen molar-refractivity contribution >= 4 is 0 Å². The van der Waals surface area contributed by atoms with Gasteiger partial charge in [-0.15, -0.1) is 0 Å². The van der Waals surface area contributed by atoms with Crippen LogP contribution in [0.3, 0.4) is 0 Å². The van der Waals surface area contributed by atoms with E-state index in [4.69, 9.17) is 0 Å². The number of piperazine rings is 1. The highest BCUT2D eigenvalue weighted by Gasteiger charge is 2.33. The molecule has 108 valence electrons. The lowest BCUT2D eigenvalue weighted by Crippen LogP contribution is -2.62. The average molecular weight is 254 g/mol. The van der Waals surface area contributed by atoms with Gasteiger partial charge in [0.15, 0.2) is 0 Å². The van der Waals surface area contributed by atoms with E-state index in [-0.39, 0.29) is 5.54 Å². The second-order valence-electron chi connectivity index (χ2n) is 6.96. The molecule has 1 heterocycles. The number of nitrogens with one attached hydrogen (secondary N) is 1. The molecule has 0 aromatic rings. The first-order chi connectivity index (χ1) is 8.46. The fraction of sp³-hybridized carbons (Fsp3) is 1.00. The summed E-state index contributed by atoms with van der Waals surface area (Å²) in [5.74, 6) is 0.754. The van der Waals surface area contributed by atoms with Crippen LogP contribution < -0.4 is 5.32 Å². The normalized spacial score (nSPS) is 24.7. The second-order valence-corrected chi connectivity index (χ2v) is 6.96. The molecule has 1 N–H and O–H groups in total. The largest absolute Gasteiger partial charge is 0.309 e. The Morgan fingerprint density at radius 1 is 1.17 bits per heavy atom. The van der Waals surface area contributed by atoms with Gasteiger partial charge in [-0.2, -0.15) is 0 Å². The van der Waals surface area contributed by atoms with Gasteiger partial charge in [-0.1, -0.05) is 46.5 Å². The minimum atomic E-state index is 0.287. The van der Waals surface area contributed by atoms with Crippen molar-refractivity contribution in [2.45, 2.75) is 78.3 Å². The molecule has 1 aliphatic heterocycles. The maximum Gasteiger partial charge on any atom is 0.0252 e. The van der Waals surface area contributed by atoms with Gasteiger partial charge in [0.25, 0.3) is 0 Å². The van der Waals surface area contributed by atoms with Crippen LogP contribution in [0.2, 0.25) is 0 Å². The van der Waals surface area contributed by atoms with Crippen LogP contribution in [0.5, 0.6) is 0 Å². The summed E-state index contributed by atoms with van der Waals surface area (Å²) in [6, 6.07) is 0.726. The Hall–Kier alpha value is -0.0800. The average Bonchev–Trinajstić information content (AvgIpc) is 2.27. The zero-order chi connectivity index (χ0) is 13.6. The van der Waals surface area contributed by atoms with E-state index < -0.39 is 0 Å². The Balaban J connectivity index is 2.37. The van der Waals surface area contributed by atoms with Gasteiger partial charge >= 0.3 is 0 Å². The van der Waals surface area contributed by atoms with E-state index in [0.29, 0.717) is 0 Å². The highest BCUT2D eigenvalue weighted by molar-refractivity contribution is 4.93. The summed E-state index contributed by atoms with van der Waals surface area (Å²) in [6.07, 6.45) is 6.94. The molecule has 0 aliphatic carbocycles. The number of hydrogen-bond donors (Lipinski definition) is 1. The quantitative estimate of drug-likeness (QED) is 0.697. The monoisotopic (exact) mass is 254 g/mol. The smallest absolute Gasteiger partial charge is 0.0252 e. The SMILES string of the molecule is CCCCCCCN1CC(C)(C)NCC1C(C)C. The van der Waals surface area contributed by atoms with Crippen LogP contribution in [0, 0.1) is 5.92 Å². The standard InChI is InChI=1S/C16H34N2/c1-6-7-8-9-10-11-18-13-16(4,5)17-12-15(18)14(2)3/h14-15,17H,6-13H2,1-5H3. The van der Waals surface area contributed by atoms with Crippen molar-refractivity contribution in [3.8, 4) is 0 Å². The van der Waals surface area contributed by atoms with Gasteiger partial charge in [0.05, 0.1) is 0 Å². The highest BCUT2D eigenvalue weighted by Crippen LogP contribution is 2.21. The molecular formula is C16H34N2. The van der Waals surface area contributed by atoms with Crippen molar-refractivity contribution in [3.05, 3.63) is 0 Å². The van der Waals surface area contributed by atoms with E-state index in [1.54, 1.807) is 0 Å². The number of hydrogen-bond acceptors (Lipinski definition) is 2. The third-order valence-corrected chi connectivity index (χ3v) is 4.18. The molecular weight excluding hydrogens is 220 g/mol. The van der Waals surface area contributed by atoms with Crippen molar-refractivity contribution < 1.29 is 0 Å². The van der Waals surface area contributed by atoms with Crippen LogP contribution in [-0.4, -0.2) is 36.1 Å². The van der Waals surface area contributed by atoms with Crippen LogP contribution in [0.1, 0.15) is 66.7 Å². The summed E-state index contributed by atoms with van der Waals surface area (Å²) in [4.78, 5) is 2.73. The topological polar surface area (TPSA) is 15.3 Å². The minimum Gasteiger partial charge on any atom is -0.309 e. The Morgan fingerprint density at radius 2 is 1.83 bits per heavy atom. The van der Waals surface area contributed by atoms with Crippen molar-refractivity contribution in [1.82, 2.24) is 10.2 Å². The molecule has 1 rings (SSSR count). The summed E-state index contributed by atoms with van der Waals surface area (Å²) >= 11 is 0. The van der Waals surface area contributed by atoms with Crippen LogP contribution in [0.25, 0.3) is 0 Å². The van der Waals surface area contributed by atoms with E-state index in [1.807, 2.05) is 0 Å². The van der Waals surface area contributed by atoms with Gasteiger partial charge in [-0.05, 0) is 32.7 Å². The van der Waals surface area contributed by atoms with Gasteiger partial charge in [0.1, 0.15) is 0 Å². The Morgan fingerprint density at radius 3 is 2.44 bits per heavy atom. The molecule has 0 aromatic carbocycles. The van der Waals surface area contributed by atoms with E-state index in [1.165, 1.54) is 45.2 Å². The van der Waals surface area contributed by atoms with E-state index in [2.05, 4.69) is 44.8 Å². The molecule has 1 aliphatic rings. The Bertz CT molecular complexity index is 223. The third-order valence-electron chi connectivity index (χ3n) is 4.18. The third kappa shape index (κ3) is 5.27. The van der Waals surface area contributed by atoms with Crippen LogP contribution in [0.4, 0.5) is 0 Å². The van der Waals surface area contributed by atoms with Gasteiger partial charge in [0.2, 0.25) is 0 Å². The molecule has 2 heteroatoms. The van der Waals surface area contributed by atoms with Crippen molar-refractivity contribution in [1.29, 1.82) is 0 Å². The van der Waals surface area contributed by atoms with Crippen molar-refractivity contribution in [2.75, 3.05) is 19.6 Å². The molecule has 0 aromatic heterocycles. The Labute approximate surface area is 115 Å². The van der Waals surface area contributed by atoms with Gasteiger partial charge in [-0.3, -0.25) is 4.90 Å². The summed E-state index contributed by atoms with van der Waals surface area (Å²) in [7, 11) is 0. The zero-order valence-corrected chi connectivity index (χ0v) is 13.3.